The third kappa shape index (κ3) is 5.37. The number of hydrogen-bond acceptors (Lipinski definition) is 6. The molecule has 2 aromatic rings. The van der Waals surface area contributed by atoms with Crippen molar-refractivity contribution in [1.82, 2.24) is 4.90 Å². The van der Waals surface area contributed by atoms with Gasteiger partial charge in [0.25, 0.3) is 0 Å². The summed E-state index contributed by atoms with van der Waals surface area (Å²) in [7, 11) is 6.26. The summed E-state index contributed by atoms with van der Waals surface area (Å²) in [4.78, 5) is 27.6. The van der Waals surface area contributed by atoms with Crippen LogP contribution in [0.2, 0.25) is 0 Å². The maximum Gasteiger partial charge on any atom is 0.222 e. The molecular formula is C26H29NO6. The molecule has 1 aliphatic rings. The van der Waals surface area contributed by atoms with Crippen LogP contribution in [-0.4, -0.2) is 58.1 Å². The van der Waals surface area contributed by atoms with Crippen molar-refractivity contribution < 1.29 is 28.5 Å². The second-order valence-electron chi connectivity index (χ2n) is 7.50. The van der Waals surface area contributed by atoms with Gasteiger partial charge >= 0.3 is 0 Å². The predicted molar refractivity (Wildman–Crippen MR) is 127 cm³/mol. The molecule has 7 nitrogen and oxygen atoms in total. The molecule has 1 heterocycles. The maximum atomic E-state index is 13.4. The predicted octanol–water partition coefficient (Wildman–Crippen LogP) is 4.01. The highest BCUT2D eigenvalue weighted by Crippen LogP contribution is 2.31. The van der Waals surface area contributed by atoms with E-state index in [2.05, 4.69) is 0 Å². The van der Waals surface area contributed by atoms with E-state index in [0.29, 0.717) is 40.6 Å². The number of Topliss-reactive ketones (excluding diaryl/α,β-unsaturated/α-hetero) is 1. The lowest BCUT2D eigenvalue weighted by Gasteiger charge is -2.30. The van der Waals surface area contributed by atoms with Crippen molar-refractivity contribution >= 4 is 23.8 Å². The average molecular weight is 452 g/mol. The Balaban J connectivity index is 2.02. The summed E-state index contributed by atoms with van der Waals surface area (Å²) in [5.41, 5.74) is 2.63. The third-order valence-corrected chi connectivity index (χ3v) is 5.46. The van der Waals surface area contributed by atoms with Crippen LogP contribution in [0.15, 0.2) is 47.5 Å². The molecule has 0 bridgehead atoms. The number of amides is 1. The minimum absolute atomic E-state index is 0.0149. The molecule has 0 aliphatic carbocycles. The fourth-order valence-corrected chi connectivity index (χ4v) is 3.73. The minimum atomic E-state index is -0.0975. The number of methoxy groups -OCH3 is 4. The highest BCUT2D eigenvalue weighted by atomic mass is 16.5. The van der Waals surface area contributed by atoms with E-state index in [1.165, 1.54) is 0 Å². The number of likely N-dealkylation sites (tertiary alicyclic amines) is 1. The van der Waals surface area contributed by atoms with Crippen LogP contribution >= 0.6 is 0 Å². The molecule has 1 fully saturated rings. The number of benzene rings is 2. The molecule has 0 atom stereocenters. The summed E-state index contributed by atoms with van der Waals surface area (Å²) in [6.07, 6.45) is 3.95. The van der Waals surface area contributed by atoms with Gasteiger partial charge < -0.3 is 23.8 Å². The molecule has 0 unspecified atom stereocenters. The number of rotatable bonds is 7. The van der Waals surface area contributed by atoms with Crippen LogP contribution in [-0.2, 0) is 9.59 Å². The second-order valence-corrected chi connectivity index (χ2v) is 7.50. The second kappa shape index (κ2) is 10.7. The Kier molecular flexibility index (Phi) is 7.77. The van der Waals surface area contributed by atoms with Gasteiger partial charge in [-0.25, -0.2) is 0 Å². The monoisotopic (exact) mass is 451 g/mol. The summed E-state index contributed by atoms with van der Waals surface area (Å²) >= 11 is 0. The van der Waals surface area contributed by atoms with Crippen LogP contribution in [0.5, 0.6) is 23.0 Å². The number of nitrogens with zero attached hydrogens (tertiary/aromatic N) is 1. The van der Waals surface area contributed by atoms with Crippen molar-refractivity contribution in [2.45, 2.75) is 13.3 Å². The molecule has 1 aliphatic heterocycles. The summed E-state index contributed by atoms with van der Waals surface area (Å²) < 4.78 is 21.3. The maximum absolute atomic E-state index is 13.4. The van der Waals surface area contributed by atoms with Crippen molar-refractivity contribution in [3.63, 3.8) is 0 Å². The number of carbonyl (C=O) groups excluding carboxylic acids is 2. The molecule has 1 amide bonds. The molecular weight excluding hydrogens is 422 g/mol. The Bertz CT molecular complexity index is 1020. The summed E-state index contributed by atoms with van der Waals surface area (Å²) in [6, 6.07) is 10.9. The van der Waals surface area contributed by atoms with E-state index in [1.54, 1.807) is 69.8 Å². The minimum Gasteiger partial charge on any atom is -0.493 e. The van der Waals surface area contributed by atoms with E-state index in [9.17, 15) is 9.59 Å². The zero-order chi connectivity index (χ0) is 24.0. The first-order chi connectivity index (χ1) is 15.9. The molecule has 3 rings (SSSR count). The number of hydrogen-bond donors (Lipinski definition) is 0. The number of carbonyl (C=O) groups is 2. The number of ether oxygens (including phenoxy) is 4. The van der Waals surface area contributed by atoms with Gasteiger partial charge in [0, 0.05) is 30.7 Å². The molecule has 0 N–H and O–H groups in total. The number of ketones is 1. The SMILES string of the molecule is CCC(=O)N1CC(=Cc2ccc(OC)c(OC)c2)C(=O)C(=Cc2ccc(OC)c(OC)c2)C1. The fraction of sp³-hybridized carbons (Fsp3) is 0.308. The topological polar surface area (TPSA) is 74.3 Å². The van der Waals surface area contributed by atoms with Gasteiger partial charge in [-0.1, -0.05) is 19.1 Å². The molecule has 33 heavy (non-hydrogen) atoms. The first-order valence-electron chi connectivity index (χ1n) is 10.6. The van der Waals surface area contributed by atoms with E-state index in [1.807, 2.05) is 19.1 Å². The van der Waals surface area contributed by atoms with Gasteiger partial charge in [-0.15, -0.1) is 0 Å². The first kappa shape index (κ1) is 23.9. The van der Waals surface area contributed by atoms with Gasteiger partial charge in [-0.2, -0.15) is 0 Å². The summed E-state index contributed by atoms with van der Waals surface area (Å²) in [6.45, 7) is 2.32. The zero-order valence-electron chi connectivity index (χ0n) is 19.6. The van der Waals surface area contributed by atoms with E-state index >= 15 is 0 Å². The molecule has 0 spiro atoms. The third-order valence-electron chi connectivity index (χ3n) is 5.46. The van der Waals surface area contributed by atoms with Crippen molar-refractivity contribution in [1.29, 1.82) is 0 Å². The fourth-order valence-electron chi connectivity index (χ4n) is 3.73. The Morgan fingerprint density at radius 1 is 0.788 bits per heavy atom. The lowest BCUT2D eigenvalue weighted by atomic mass is 9.94. The van der Waals surface area contributed by atoms with Gasteiger partial charge in [-0.3, -0.25) is 9.59 Å². The molecule has 0 radical (unpaired) electrons. The smallest absolute Gasteiger partial charge is 0.222 e. The quantitative estimate of drug-likeness (QED) is 0.593. The van der Waals surface area contributed by atoms with Crippen LogP contribution in [0.25, 0.3) is 12.2 Å². The normalized spacial score (nSPS) is 16.2. The van der Waals surface area contributed by atoms with Crippen molar-refractivity contribution in [3.8, 4) is 23.0 Å². The molecule has 174 valence electrons. The summed E-state index contributed by atoms with van der Waals surface area (Å²) in [5.74, 6) is 2.23. The Labute approximate surface area is 194 Å². The molecule has 7 heteroatoms. The van der Waals surface area contributed by atoms with Crippen molar-refractivity contribution in [2.24, 2.45) is 0 Å². The van der Waals surface area contributed by atoms with E-state index in [0.717, 1.165) is 11.1 Å². The van der Waals surface area contributed by atoms with Gasteiger partial charge in [0.1, 0.15) is 0 Å². The van der Waals surface area contributed by atoms with E-state index in [-0.39, 0.29) is 24.8 Å². The lowest BCUT2D eigenvalue weighted by molar-refractivity contribution is -0.131. The molecule has 0 aromatic heterocycles. The van der Waals surface area contributed by atoms with Gasteiger partial charge in [0.05, 0.1) is 28.4 Å². The van der Waals surface area contributed by atoms with Gasteiger partial charge in [0.2, 0.25) is 5.91 Å². The van der Waals surface area contributed by atoms with Crippen LogP contribution in [0.4, 0.5) is 0 Å². The molecule has 2 aromatic carbocycles. The van der Waals surface area contributed by atoms with Crippen molar-refractivity contribution in [2.75, 3.05) is 41.5 Å². The van der Waals surface area contributed by atoms with E-state index in [4.69, 9.17) is 18.9 Å². The van der Waals surface area contributed by atoms with Crippen molar-refractivity contribution in [3.05, 3.63) is 58.7 Å². The van der Waals surface area contributed by atoms with Crippen LogP contribution in [0.1, 0.15) is 24.5 Å². The van der Waals surface area contributed by atoms with Crippen LogP contribution in [0, 0.1) is 0 Å². The van der Waals surface area contributed by atoms with Crippen LogP contribution in [0.3, 0.4) is 0 Å². The Hall–Kier alpha value is -3.74. The molecule has 0 saturated carbocycles. The van der Waals surface area contributed by atoms with E-state index < -0.39 is 0 Å². The zero-order valence-corrected chi connectivity index (χ0v) is 19.6. The lowest BCUT2D eigenvalue weighted by Crippen LogP contribution is -2.41. The highest BCUT2D eigenvalue weighted by molar-refractivity contribution is 6.15. The highest BCUT2D eigenvalue weighted by Gasteiger charge is 2.28. The standard InChI is InChI=1S/C26H29NO6/c1-6-25(28)27-15-19(11-17-7-9-21(30-2)23(13-17)32-4)26(29)20(16-27)12-18-8-10-22(31-3)24(14-18)33-5/h7-14H,6,15-16H2,1-5H3. The Morgan fingerprint density at radius 2 is 1.21 bits per heavy atom. The van der Waals surface area contributed by atoms with Gasteiger partial charge in [-0.05, 0) is 47.5 Å². The Morgan fingerprint density at radius 3 is 1.58 bits per heavy atom. The number of piperidine rings is 1. The first-order valence-corrected chi connectivity index (χ1v) is 10.6. The summed E-state index contributed by atoms with van der Waals surface area (Å²) in [5, 5.41) is 0. The van der Waals surface area contributed by atoms with Crippen LogP contribution < -0.4 is 18.9 Å². The average Bonchev–Trinajstić information content (AvgIpc) is 2.85. The largest absolute Gasteiger partial charge is 0.493 e. The van der Waals surface area contributed by atoms with Gasteiger partial charge in [0.15, 0.2) is 28.8 Å². The molecule has 1 saturated heterocycles.